The van der Waals surface area contributed by atoms with Crippen LogP contribution in [-0.4, -0.2) is 19.1 Å². The van der Waals surface area contributed by atoms with Crippen LogP contribution < -0.4 is 10.1 Å². The quantitative estimate of drug-likeness (QED) is 0.403. The van der Waals surface area contributed by atoms with Crippen LogP contribution in [0.2, 0.25) is 5.02 Å². The maximum Gasteiger partial charge on any atom is 0.337 e. The van der Waals surface area contributed by atoms with E-state index in [9.17, 15) is 4.79 Å². The maximum atomic E-state index is 11.5. The predicted octanol–water partition coefficient (Wildman–Crippen LogP) is 3.45. The van der Waals surface area contributed by atoms with E-state index in [4.69, 9.17) is 21.6 Å². The first-order valence-electron chi connectivity index (χ1n) is 6.48. The van der Waals surface area contributed by atoms with Gasteiger partial charge in [-0.25, -0.2) is 4.79 Å². The van der Waals surface area contributed by atoms with Crippen molar-refractivity contribution in [2.24, 2.45) is 4.99 Å². The number of hydrogen-bond donors (Lipinski definition) is 1. The fourth-order valence-corrected chi connectivity index (χ4v) is 1.93. The van der Waals surface area contributed by atoms with Crippen LogP contribution in [0.5, 0.6) is 5.75 Å². The van der Waals surface area contributed by atoms with E-state index in [0.29, 0.717) is 17.0 Å². The predicted molar refractivity (Wildman–Crippen MR) is 86.5 cm³/mol. The molecule has 0 atom stereocenters. The Balaban J connectivity index is 2.19. The fraction of sp³-hybridized carbons (Fsp3) is 0.0625. The van der Waals surface area contributed by atoms with Gasteiger partial charge in [0.2, 0.25) is 6.19 Å². The third-order valence-corrected chi connectivity index (χ3v) is 3.05. The molecule has 6 nitrogen and oxygen atoms in total. The SMILES string of the molecule is COC(=O)c1ccc(N/C(=N\C#N)Oc2ccccc2)c(Cl)c1. The molecule has 7 heteroatoms. The number of carbonyl (C=O) groups excluding carboxylic acids is 1. The summed E-state index contributed by atoms with van der Waals surface area (Å²) in [6, 6.07) is 13.4. The van der Waals surface area contributed by atoms with E-state index in [0.717, 1.165) is 0 Å². The van der Waals surface area contributed by atoms with Gasteiger partial charge in [0.05, 0.1) is 23.4 Å². The van der Waals surface area contributed by atoms with Crippen molar-refractivity contribution in [3.05, 3.63) is 59.1 Å². The Bertz CT molecular complexity index is 770. The van der Waals surface area contributed by atoms with Gasteiger partial charge < -0.3 is 14.8 Å². The van der Waals surface area contributed by atoms with Gasteiger partial charge in [0.25, 0.3) is 0 Å². The maximum absolute atomic E-state index is 11.5. The lowest BCUT2D eigenvalue weighted by Gasteiger charge is -2.11. The second-order valence-electron chi connectivity index (χ2n) is 4.24. The van der Waals surface area contributed by atoms with Gasteiger partial charge in [-0.05, 0) is 30.3 Å². The Hall–Kier alpha value is -3.04. The van der Waals surface area contributed by atoms with E-state index in [1.54, 1.807) is 36.5 Å². The van der Waals surface area contributed by atoms with Crippen molar-refractivity contribution in [3.8, 4) is 11.9 Å². The van der Waals surface area contributed by atoms with Gasteiger partial charge in [-0.15, -0.1) is 4.99 Å². The normalized spacial score (nSPS) is 10.6. The molecule has 0 aliphatic rings. The van der Waals surface area contributed by atoms with Gasteiger partial charge in [0, 0.05) is 0 Å². The number of rotatable bonds is 3. The summed E-state index contributed by atoms with van der Waals surface area (Å²) in [7, 11) is 1.29. The summed E-state index contributed by atoms with van der Waals surface area (Å²) < 4.78 is 10.1. The van der Waals surface area contributed by atoms with Gasteiger partial charge in [0.15, 0.2) is 0 Å². The number of nitrogens with one attached hydrogen (secondary N) is 1. The molecule has 1 N–H and O–H groups in total. The van der Waals surface area contributed by atoms with Crippen molar-refractivity contribution in [3.63, 3.8) is 0 Å². The van der Waals surface area contributed by atoms with Crippen LogP contribution in [0.25, 0.3) is 0 Å². The molecular weight excluding hydrogens is 318 g/mol. The first-order chi connectivity index (χ1) is 11.1. The minimum atomic E-state index is -0.495. The lowest BCUT2D eigenvalue weighted by Crippen LogP contribution is -2.19. The summed E-state index contributed by atoms with van der Waals surface area (Å²) >= 11 is 6.11. The molecule has 0 heterocycles. The largest absolute Gasteiger partial charge is 0.465 e. The Kier molecular flexibility index (Phi) is 5.56. The topological polar surface area (TPSA) is 83.7 Å². The number of nitriles is 1. The molecule has 116 valence electrons. The lowest BCUT2D eigenvalue weighted by molar-refractivity contribution is 0.0601. The van der Waals surface area contributed by atoms with E-state index in [-0.39, 0.29) is 11.0 Å². The van der Waals surface area contributed by atoms with Crippen molar-refractivity contribution in [2.75, 3.05) is 12.4 Å². The van der Waals surface area contributed by atoms with Gasteiger partial charge in [-0.2, -0.15) is 5.26 Å². The summed E-state index contributed by atoms with van der Waals surface area (Å²) in [5, 5.41) is 11.8. The number of anilines is 1. The summed E-state index contributed by atoms with van der Waals surface area (Å²) in [5.74, 6) is 0.0150. The summed E-state index contributed by atoms with van der Waals surface area (Å²) in [6.45, 7) is 0. The summed E-state index contributed by atoms with van der Waals surface area (Å²) in [5.41, 5.74) is 0.745. The summed E-state index contributed by atoms with van der Waals surface area (Å²) in [6.07, 6.45) is 1.65. The number of aliphatic imine (C=N–C) groups is 1. The molecule has 0 unspecified atom stereocenters. The number of halogens is 1. The number of hydrogen-bond acceptors (Lipinski definition) is 5. The fourth-order valence-electron chi connectivity index (χ4n) is 1.70. The van der Waals surface area contributed by atoms with E-state index in [1.165, 1.54) is 19.2 Å². The van der Waals surface area contributed by atoms with Gasteiger partial charge >= 0.3 is 12.0 Å². The zero-order valence-electron chi connectivity index (χ0n) is 12.1. The van der Waals surface area contributed by atoms with Gasteiger partial charge in [-0.3, -0.25) is 0 Å². The number of methoxy groups -OCH3 is 1. The molecule has 2 aromatic carbocycles. The minimum Gasteiger partial charge on any atom is -0.465 e. The molecule has 0 spiro atoms. The minimum absolute atomic E-state index is 0.0357. The van der Waals surface area contributed by atoms with Crippen LogP contribution >= 0.6 is 11.6 Å². The third kappa shape index (κ3) is 4.46. The molecule has 0 saturated carbocycles. The molecule has 0 bridgehead atoms. The van der Waals surface area contributed by atoms with Crippen LogP contribution in [0.3, 0.4) is 0 Å². The van der Waals surface area contributed by atoms with E-state index >= 15 is 0 Å². The highest BCUT2D eigenvalue weighted by Crippen LogP contribution is 2.24. The first kappa shape index (κ1) is 16.3. The number of esters is 1. The van der Waals surface area contributed by atoms with Crippen molar-refractivity contribution in [2.45, 2.75) is 0 Å². The van der Waals surface area contributed by atoms with E-state index in [1.807, 2.05) is 6.07 Å². The van der Waals surface area contributed by atoms with E-state index in [2.05, 4.69) is 15.0 Å². The zero-order chi connectivity index (χ0) is 16.7. The first-order valence-corrected chi connectivity index (χ1v) is 6.86. The highest BCUT2D eigenvalue weighted by atomic mass is 35.5. The molecule has 2 rings (SSSR count). The van der Waals surface area contributed by atoms with Crippen LogP contribution in [-0.2, 0) is 4.74 Å². The third-order valence-electron chi connectivity index (χ3n) is 2.74. The average molecular weight is 330 g/mol. The van der Waals surface area contributed by atoms with Crippen molar-refractivity contribution >= 4 is 29.3 Å². The van der Waals surface area contributed by atoms with Gasteiger partial charge in [-0.1, -0.05) is 29.8 Å². The van der Waals surface area contributed by atoms with E-state index < -0.39 is 5.97 Å². The number of ether oxygens (including phenoxy) is 2. The highest BCUT2D eigenvalue weighted by molar-refractivity contribution is 6.34. The molecule has 0 aliphatic carbocycles. The Morgan fingerprint density at radius 3 is 2.61 bits per heavy atom. The van der Waals surface area contributed by atoms with Crippen molar-refractivity contribution < 1.29 is 14.3 Å². The highest BCUT2D eigenvalue weighted by Gasteiger charge is 2.11. The molecule has 23 heavy (non-hydrogen) atoms. The number of carbonyl (C=O) groups is 1. The standard InChI is InChI=1S/C16H12ClN3O3/c1-22-15(21)11-7-8-14(13(17)9-11)20-16(19-10-18)23-12-5-3-2-4-6-12/h2-9H,1H3,(H,19,20). The molecule has 2 aromatic rings. The Morgan fingerprint density at radius 1 is 1.26 bits per heavy atom. The van der Waals surface area contributed by atoms with Crippen LogP contribution in [0.1, 0.15) is 10.4 Å². The molecule has 0 aliphatic heterocycles. The van der Waals surface area contributed by atoms with Crippen LogP contribution in [0.4, 0.5) is 5.69 Å². The second-order valence-corrected chi connectivity index (χ2v) is 4.65. The second kappa shape index (κ2) is 7.82. The van der Waals surface area contributed by atoms with Crippen LogP contribution in [0.15, 0.2) is 53.5 Å². The van der Waals surface area contributed by atoms with Gasteiger partial charge in [0.1, 0.15) is 5.75 Å². The van der Waals surface area contributed by atoms with Crippen LogP contribution in [0, 0.1) is 11.5 Å². The number of nitrogens with zero attached hydrogens (tertiary/aromatic N) is 2. The van der Waals surface area contributed by atoms with Crippen molar-refractivity contribution in [1.82, 2.24) is 0 Å². The molecule has 0 aromatic heterocycles. The zero-order valence-corrected chi connectivity index (χ0v) is 12.9. The molecule has 0 amide bonds. The molecule has 0 saturated heterocycles. The lowest BCUT2D eigenvalue weighted by atomic mass is 10.2. The number of benzene rings is 2. The van der Waals surface area contributed by atoms with Crippen molar-refractivity contribution in [1.29, 1.82) is 5.26 Å². The smallest absolute Gasteiger partial charge is 0.337 e. The summed E-state index contributed by atoms with van der Waals surface area (Å²) in [4.78, 5) is 15.0. The molecule has 0 radical (unpaired) electrons. The monoisotopic (exact) mass is 329 g/mol. The molecule has 0 fully saturated rings. The average Bonchev–Trinajstić information content (AvgIpc) is 2.57. The number of amidine groups is 1. The molecular formula is C16H12ClN3O3. The number of para-hydroxylation sites is 1. The Morgan fingerprint density at radius 2 is 2.00 bits per heavy atom. The Labute approximate surface area is 137 Å².